The first-order valence-electron chi connectivity index (χ1n) is 5.10. The first-order valence-corrected chi connectivity index (χ1v) is 5.10. The highest BCUT2D eigenvalue weighted by molar-refractivity contribution is 4.99. The molecule has 0 aromatic rings. The van der Waals surface area contributed by atoms with Crippen LogP contribution in [0.15, 0.2) is 12.7 Å². The molecular weight excluding hydrogens is 229 g/mol. The van der Waals surface area contributed by atoms with Crippen molar-refractivity contribution in [3.8, 4) is 0 Å². The van der Waals surface area contributed by atoms with E-state index in [4.69, 9.17) is 0 Å². The van der Waals surface area contributed by atoms with Gasteiger partial charge in [0.1, 0.15) is 0 Å². The van der Waals surface area contributed by atoms with Crippen LogP contribution in [-0.4, -0.2) is 36.1 Å². The molecule has 1 nitrogen and oxygen atoms in total. The Morgan fingerprint density at radius 2 is 1.56 bits per heavy atom. The van der Waals surface area contributed by atoms with Crippen LogP contribution in [-0.2, 0) is 0 Å². The molecule has 0 aliphatic carbocycles. The highest BCUT2D eigenvalue weighted by atomic mass is 19.3. The fourth-order valence-electron chi connectivity index (χ4n) is 1.69. The average Bonchev–Trinajstić information content (AvgIpc) is 2.29. The Kier molecular flexibility index (Phi) is 3.93. The van der Waals surface area contributed by atoms with E-state index in [1.807, 2.05) is 0 Å². The van der Waals surface area contributed by atoms with Crippen LogP contribution >= 0.6 is 0 Å². The van der Waals surface area contributed by atoms with Crippen molar-refractivity contribution in [1.82, 2.24) is 4.90 Å². The van der Waals surface area contributed by atoms with E-state index in [9.17, 15) is 22.0 Å². The lowest BCUT2D eigenvalue weighted by Gasteiger charge is -2.37. The zero-order valence-electron chi connectivity index (χ0n) is 8.73. The summed E-state index contributed by atoms with van der Waals surface area (Å²) in [5.41, 5.74) is 0. The Morgan fingerprint density at radius 1 is 1.06 bits per heavy atom. The molecule has 0 bridgehead atoms. The van der Waals surface area contributed by atoms with Gasteiger partial charge in [0.05, 0.1) is 0 Å². The molecule has 0 aromatic carbocycles. The van der Waals surface area contributed by atoms with Crippen molar-refractivity contribution < 1.29 is 22.0 Å². The van der Waals surface area contributed by atoms with Gasteiger partial charge in [0.2, 0.25) is 6.17 Å². The van der Waals surface area contributed by atoms with E-state index < -0.39 is 18.1 Å². The SMILES string of the molecule is C=CC(F)(F)C(F)C(F)(F)N1CCCCC1. The summed E-state index contributed by atoms with van der Waals surface area (Å²) in [4.78, 5) is 0.485. The number of hydrogen-bond acceptors (Lipinski definition) is 1. The highest BCUT2D eigenvalue weighted by Gasteiger charge is 2.57. The van der Waals surface area contributed by atoms with Crippen LogP contribution in [0.5, 0.6) is 0 Å². The minimum absolute atomic E-state index is 0.0549. The number of likely N-dealkylation sites (tertiary alicyclic amines) is 1. The van der Waals surface area contributed by atoms with Gasteiger partial charge in [-0.1, -0.05) is 13.0 Å². The average molecular weight is 243 g/mol. The van der Waals surface area contributed by atoms with Gasteiger partial charge in [0, 0.05) is 13.1 Å². The molecule has 1 aliphatic rings. The second-order valence-electron chi connectivity index (χ2n) is 3.88. The summed E-state index contributed by atoms with van der Waals surface area (Å²) in [7, 11) is 0. The van der Waals surface area contributed by atoms with Crippen LogP contribution in [0.4, 0.5) is 22.0 Å². The van der Waals surface area contributed by atoms with Crippen LogP contribution < -0.4 is 0 Å². The van der Waals surface area contributed by atoms with Crippen LogP contribution in [0.1, 0.15) is 19.3 Å². The largest absolute Gasteiger partial charge is 0.342 e. The molecule has 1 unspecified atom stereocenters. The lowest BCUT2D eigenvalue weighted by atomic mass is 10.1. The molecule has 0 saturated carbocycles. The van der Waals surface area contributed by atoms with Gasteiger partial charge < -0.3 is 0 Å². The Balaban J connectivity index is 2.78. The van der Waals surface area contributed by atoms with E-state index in [0.717, 1.165) is 6.42 Å². The van der Waals surface area contributed by atoms with E-state index in [1.54, 1.807) is 0 Å². The molecule has 1 rings (SSSR count). The first-order chi connectivity index (χ1) is 7.32. The molecule has 0 aromatic heterocycles. The van der Waals surface area contributed by atoms with Crippen LogP contribution in [0.25, 0.3) is 0 Å². The van der Waals surface area contributed by atoms with Crippen molar-refractivity contribution in [3.05, 3.63) is 12.7 Å². The van der Waals surface area contributed by atoms with Gasteiger partial charge in [-0.25, -0.2) is 9.29 Å². The number of halogens is 5. The molecule has 0 amide bonds. The molecule has 1 heterocycles. The van der Waals surface area contributed by atoms with Gasteiger partial charge in [0.25, 0.3) is 0 Å². The van der Waals surface area contributed by atoms with Crippen molar-refractivity contribution >= 4 is 0 Å². The summed E-state index contributed by atoms with van der Waals surface area (Å²) in [5, 5.41) is 0. The maximum Gasteiger partial charge on any atom is 0.342 e. The van der Waals surface area contributed by atoms with Gasteiger partial charge in [-0.2, -0.15) is 17.6 Å². The normalized spacial score (nSPS) is 21.8. The van der Waals surface area contributed by atoms with Crippen molar-refractivity contribution in [2.24, 2.45) is 0 Å². The molecule has 0 spiro atoms. The number of alkyl halides is 5. The number of rotatable bonds is 4. The minimum atomic E-state index is -4.21. The summed E-state index contributed by atoms with van der Waals surface area (Å²) in [6, 6.07) is -4.14. The molecule has 94 valence electrons. The Bertz CT molecular complexity index is 248. The second-order valence-corrected chi connectivity index (χ2v) is 3.88. The third-order valence-corrected chi connectivity index (χ3v) is 2.69. The molecule has 1 fully saturated rings. The zero-order chi connectivity index (χ0) is 12.4. The van der Waals surface area contributed by atoms with E-state index in [2.05, 4.69) is 6.58 Å². The van der Waals surface area contributed by atoms with E-state index in [1.165, 1.54) is 0 Å². The molecular formula is C10H14F5N. The molecule has 1 atom stereocenters. The van der Waals surface area contributed by atoms with Gasteiger partial charge in [-0.15, -0.1) is 0 Å². The third-order valence-electron chi connectivity index (χ3n) is 2.69. The van der Waals surface area contributed by atoms with Crippen molar-refractivity contribution in [3.63, 3.8) is 0 Å². The smallest absolute Gasteiger partial charge is 0.242 e. The van der Waals surface area contributed by atoms with Crippen molar-refractivity contribution in [1.29, 1.82) is 0 Å². The summed E-state index contributed by atoms with van der Waals surface area (Å²) in [5.74, 6) is -4.21. The van der Waals surface area contributed by atoms with Crippen LogP contribution in [0.2, 0.25) is 0 Å². The van der Waals surface area contributed by atoms with Crippen LogP contribution in [0.3, 0.4) is 0 Å². The molecule has 0 N–H and O–H groups in total. The van der Waals surface area contributed by atoms with Crippen LogP contribution in [0, 0.1) is 0 Å². The lowest BCUT2D eigenvalue weighted by Crippen LogP contribution is -2.55. The lowest BCUT2D eigenvalue weighted by molar-refractivity contribution is -0.240. The third kappa shape index (κ3) is 2.53. The monoisotopic (exact) mass is 243 g/mol. The summed E-state index contributed by atoms with van der Waals surface area (Å²) in [6.45, 7) is 2.56. The van der Waals surface area contributed by atoms with E-state index in [0.29, 0.717) is 17.7 Å². The summed E-state index contributed by atoms with van der Waals surface area (Å²) in [6.07, 6.45) is -1.91. The second kappa shape index (κ2) is 4.69. The van der Waals surface area contributed by atoms with Gasteiger partial charge in [-0.05, 0) is 18.9 Å². The number of allylic oxidation sites excluding steroid dienone is 1. The fourth-order valence-corrected chi connectivity index (χ4v) is 1.69. The van der Waals surface area contributed by atoms with Gasteiger partial charge >= 0.3 is 12.0 Å². The topological polar surface area (TPSA) is 3.24 Å². The van der Waals surface area contributed by atoms with E-state index >= 15 is 0 Å². The number of hydrogen-bond donors (Lipinski definition) is 0. The predicted molar refractivity (Wildman–Crippen MR) is 50.4 cm³/mol. The van der Waals surface area contributed by atoms with Gasteiger partial charge in [0.15, 0.2) is 0 Å². The fraction of sp³-hybridized carbons (Fsp3) is 0.800. The predicted octanol–water partition coefficient (Wildman–Crippen LogP) is 3.22. The molecule has 0 radical (unpaired) electrons. The Hall–Kier alpha value is -0.650. The Labute approximate surface area is 90.9 Å². The summed E-state index contributed by atoms with van der Waals surface area (Å²) < 4.78 is 65.5. The summed E-state index contributed by atoms with van der Waals surface area (Å²) >= 11 is 0. The van der Waals surface area contributed by atoms with E-state index in [-0.39, 0.29) is 19.2 Å². The minimum Gasteiger partial charge on any atom is -0.242 e. The number of piperidine rings is 1. The number of nitrogens with zero attached hydrogens (tertiary/aromatic N) is 1. The van der Waals surface area contributed by atoms with Crippen molar-refractivity contribution in [2.45, 2.75) is 37.4 Å². The maximum atomic E-state index is 13.4. The van der Waals surface area contributed by atoms with Gasteiger partial charge in [-0.3, -0.25) is 0 Å². The first kappa shape index (κ1) is 13.4. The molecule has 1 aliphatic heterocycles. The van der Waals surface area contributed by atoms with Crippen molar-refractivity contribution in [2.75, 3.05) is 13.1 Å². The molecule has 6 heteroatoms. The zero-order valence-corrected chi connectivity index (χ0v) is 8.73. The maximum absolute atomic E-state index is 13.4. The molecule has 16 heavy (non-hydrogen) atoms. The quantitative estimate of drug-likeness (QED) is 0.416. The standard InChI is InChI=1S/C10H14F5N/c1-2-9(12,13)8(11)10(14,15)16-6-4-3-5-7-16/h2,8H,1,3-7H2. The molecule has 1 saturated heterocycles. The Morgan fingerprint density at radius 3 is 2.00 bits per heavy atom. The highest BCUT2D eigenvalue weighted by Crippen LogP contribution is 2.38.